The number of hydrogen-bond donors (Lipinski definition) is 2. The first-order valence-electron chi connectivity index (χ1n) is 6.71. The highest BCUT2D eigenvalue weighted by Gasteiger charge is 2.37. The molecule has 1 aliphatic carbocycles. The van der Waals surface area contributed by atoms with Gasteiger partial charge >= 0.3 is 0 Å². The highest BCUT2D eigenvalue weighted by atomic mass is 16.3. The first-order chi connectivity index (χ1) is 7.67. The zero-order valence-electron chi connectivity index (χ0n) is 10.7. The highest BCUT2D eigenvalue weighted by molar-refractivity contribution is 4.92. The van der Waals surface area contributed by atoms with Gasteiger partial charge in [-0.15, -0.1) is 0 Å². The third kappa shape index (κ3) is 2.58. The fraction of sp³-hybridized carbons (Fsp3) is 1.00. The van der Waals surface area contributed by atoms with Crippen molar-refractivity contribution in [3.8, 4) is 0 Å². The number of likely N-dealkylation sites (tertiary alicyclic amines) is 1. The summed E-state index contributed by atoms with van der Waals surface area (Å²) in [5, 5.41) is 12.5. The van der Waals surface area contributed by atoms with Crippen LogP contribution in [0.5, 0.6) is 0 Å². The van der Waals surface area contributed by atoms with Crippen LogP contribution in [0.3, 0.4) is 0 Å². The summed E-state index contributed by atoms with van der Waals surface area (Å²) in [7, 11) is 1.94. The van der Waals surface area contributed by atoms with E-state index in [1.807, 2.05) is 7.05 Å². The van der Waals surface area contributed by atoms with Gasteiger partial charge < -0.3 is 15.3 Å². The molecule has 2 fully saturated rings. The van der Waals surface area contributed by atoms with Gasteiger partial charge in [-0.2, -0.15) is 0 Å². The lowest BCUT2D eigenvalue weighted by Gasteiger charge is -2.30. The van der Waals surface area contributed by atoms with Crippen LogP contribution in [0.2, 0.25) is 0 Å². The van der Waals surface area contributed by atoms with Gasteiger partial charge in [0.05, 0.1) is 6.61 Å². The Labute approximate surface area is 99.2 Å². The summed E-state index contributed by atoms with van der Waals surface area (Å²) in [5.41, 5.74) is -0.0846. The van der Waals surface area contributed by atoms with Crippen molar-refractivity contribution in [3.05, 3.63) is 0 Å². The van der Waals surface area contributed by atoms with Gasteiger partial charge in [-0.3, -0.25) is 0 Å². The predicted octanol–water partition coefficient (Wildman–Crippen LogP) is 1.22. The molecule has 0 radical (unpaired) electrons. The van der Waals surface area contributed by atoms with Crippen molar-refractivity contribution in [1.29, 1.82) is 0 Å². The van der Waals surface area contributed by atoms with E-state index in [9.17, 15) is 5.11 Å². The molecule has 2 N–H and O–H groups in total. The molecule has 1 saturated heterocycles. The molecule has 3 nitrogen and oxygen atoms in total. The van der Waals surface area contributed by atoms with Crippen LogP contribution in [0.25, 0.3) is 0 Å². The Morgan fingerprint density at radius 3 is 2.75 bits per heavy atom. The SMILES string of the molecule is CNC(C)(CO)CCCN1CC2CCC1C2. The van der Waals surface area contributed by atoms with Crippen LogP contribution in [0.15, 0.2) is 0 Å². The Morgan fingerprint density at radius 2 is 2.25 bits per heavy atom. The van der Waals surface area contributed by atoms with Crippen LogP contribution < -0.4 is 5.32 Å². The van der Waals surface area contributed by atoms with Gasteiger partial charge in [-0.05, 0) is 58.5 Å². The fourth-order valence-electron chi connectivity index (χ4n) is 3.26. The van der Waals surface area contributed by atoms with E-state index in [0.29, 0.717) is 0 Å². The lowest BCUT2D eigenvalue weighted by Crippen LogP contribution is -2.44. The maximum absolute atomic E-state index is 9.31. The minimum Gasteiger partial charge on any atom is -0.394 e. The van der Waals surface area contributed by atoms with Gasteiger partial charge in [0.15, 0.2) is 0 Å². The van der Waals surface area contributed by atoms with E-state index in [1.54, 1.807) is 0 Å². The molecule has 2 aliphatic rings. The first-order valence-corrected chi connectivity index (χ1v) is 6.71. The van der Waals surface area contributed by atoms with Gasteiger partial charge in [-0.1, -0.05) is 0 Å². The standard InChI is InChI=1S/C13H26N2O/c1-13(10-16,14-2)6-3-7-15-9-11-4-5-12(15)8-11/h11-12,14,16H,3-10H2,1-2H3. The molecule has 3 heteroatoms. The molecule has 0 amide bonds. The van der Waals surface area contributed by atoms with Crippen molar-refractivity contribution in [1.82, 2.24) is 10.2 Å². The lowest BCUT2D eigenvalue weighted by atomic mass is 9.97. The van der Waals surface area contributed by atoms with Crippen molar-refractivity contribution in [3.63, 3.8) is 0 Å². The molecule has 2 rings (SSSR count). The van der Waals surface area contributed by atoms with Crippen molar-refractivity contribution in [2.45, 2.75) is 50.6 Å². The summed E-state index contributed by atoms with van der Waals surface area (Å²) in [6.07, 6.45) is 6.60. The Morgan fingerprint density at radius 1 is 1.44 bits per heavy atom. The average molecular weight is 226 g/mol. The number of rotatable bonds is 6. The normalized spacial score (nSPS) is 33.2. The minimum atomic E-state index is -0.0846. The van der Waals surface area contributed by atoms with Crippen LogP contribution in [0, 0.1) is 5.92 Å². The third-order valence-electron chi connectivity index (χ3n) is 4.65. The molecule has 0 aromatic rings. The van der Waals surface area contributed by atoms with Gasteiger partial charge in [-0.25, -0.2) is 0 Å². The molecular weight excluding hydrogens is 200 g/mol. The Kier molecular flexibility index (Phi) is 3.88. The van der Waals surface area contributed by atoms with E-state index >= 15 is 0 Å². The van der Waals surface area contributed by atoms with E-state index in [2.05, 4.69) is 17.1 Å². The van der Waals surface area contributed by atoms with Crippen LogP contribution in [0.1, 0.15) is 39.0 Å². The Bertz CT molecular complexity index is 228. The Hall–Kier alpha value is -0.120. The fourth-order valence-corrected chi connectivity index (χ4v) is 3.26. The monoisotopic (exact) mass is 226 g/mol. The summed E-state index contributed by atoms with van der Waals surface area (Å²) in [6.45, 7) is 4.89. The number of nitrogens with one attached hydrogen (secondary N) is 1. The van der Waals surface area contributed by atoms with Crippen molar-refractivity contribution in [2.24, 2.45) is 5.92 Å². The summed E-state index contributed by atoms with van der Waals surface area (Å²) < 4.78 is 0. The van der Waals surface area contributed by atoms with Crippen molar-refractivity contribution >= 4 is 0 Å². The molecule has 94 valence electrons. The summed E-state index contributed by atoms with van der Waals surface area (Å²) in [5.74, 6) is 0.999. The summed E-state index contributed by atoms with van der Waals surface area (Å²) in [6, 6.07) is 0.889. The van der Waals surface area contributed by atoms with Gasteiger partial charge in [0.1, 0.15) is 0 Å². The van der Waals surface area contributed by atoms with Crippen LogP contribution >= 0.6 is 0 Å². The smallest absolute Gasteiger partial charge is 0.0610 e. The second-order valence-corrected chi connectivity index (χ2v) is 5.90. The molecule has 0 aromatic carbocycles. The van der Waals surface area contributed by atoms with E-state index < -0.39 is 0 Å². The number of nitrogens with zero attached hydrogens (tertiary/aromatic N) is 1. The lowest BCUT2D eigenvalue weighted by molar-refractivity contribution is 0.156. The van der Waals surface area contributed by atoms with Gasteiger partial charge in [0.25, 0.3) is 0 Å². The third-order valence-corrected chi connectivity index (χ3v) is 4.65. The topological polar surface area (TPSA) is 35.5 Å². The molecule has 3 unspecified atom stereocenters. The highest BCUT2D eigenvalue weighted by Crippen LogP contribution is 2.37. The van der Waals surface area contributed by atoms with E-state index in [1.165, 1.54) is 38.8 Å². The molecular formula is C13H26N2O. The van der Waals surface area contributed by atoms with Crippen LogP contribution in [-0.2, 0) is 0 Å². The van der Waals surface area contributed by atoms with E-state index in [-0.39, 0.29) is 12.1 Å². The second-order valence-electron chi connectivity index (χ2n) is 5.90. The van der Waals surface area contributed by atoms with Crippen molar-refractivity contribution in [2.75, 3.05) is 26.7 Å². The molecule has 1 saturated carbocycles. The molecule has 0 aromatic heterocycles. The minimum absolute atomic E-state index is 0.0846. The second kappa shape index (κ2) is 5.03. The van der Waals surface area contributed by atoms with E-state index in [4.69, 9.17) is 0 Å². The molecule has 3 atom stereocenters. The predicted molar refractivity (Wildman–Crippen MR) is 66.5 cm³/mol. The molecule has 1 aliphatic heterocycles. The molecule has 0 spiro atoms. The van der Waals surface area contributed by atoms with Crippen LogP contribution in [-0.4, -0.2) is 48.3 Å². The zero-order valence-corrected chi connectivity index (χ0v) is 10.7. The molecule has 1 heterocycles. The quantitative estimate of drug-likeness (QED) is 0.715. The number of aliphatic hydroxyl groups is 1. The average Bonchev–Trinajstić information content (AvgIpc) is 2.91. The number of hydrogen-bond acceptors (Lipinski definition) is 3. The largest absolute Gasteiger partial charge is 0.394 e. The number of piperidine rings is 1. The van der Waals surface area contributed by atoms with Crippen LogP contribution in [0.4, 0.5) is 0 Å². The maximum atomic E-state index is 9.31. The first kappa shape index (κ1) is 12.3. The summed E-state index contributed by atoms with van der Waals surface area (Å²) >= 11 is 0. The zero-order chi connectivity index (χ0) is 11.6. The Balaban J connectivity index is 1.68. The van der Waals surface area contributed by atoms with Crippen molar-refractivity contribution < 1.29 is 5.11 Å². The maximum Gasteiger partial charge on any atom is 0.0610 e. The molecule has 16 heavy (non-hydrogen) atoms. The number of likely N-dealkylation sites (N-methyl/N-ethyl adjacent to an activating group) is 1. The van der Waals surface area contributed by atoms with E-state index in [0.717, 1.165) is 18.4 Å². The summed E-state index contributed by atoms with van der Waals surface area (Å²) in [4.78, 5) is 2.67. The number of fused-ring (bicyclic) bond motifs is 2. The molecule has 2 bridgehead atoms. The van der Waals surface area contributed by atoms with Gasteiger partial charge in [0, 0.05) is 18.1 Å². The number of aliphatic hydroxyl groups excluding tert-OH is 1. The van der Waals surface area contributed by atoms with Gasteiger partial charge in [0.2, 0.25) is 0 Å².